The number of aryl methyl sites for hydroxylation is 1. The molecule has 0 aliphatic carbocycles. The van der Waals surface area contributed by atoms with E-state index in [0.717, 1.165) is 49.1 Å². The molecule has 0 aromatic heterocycles. The van der Waals surface area contributed by atoms with Crippen molar-refractivity contribution in [1.29, 1.82) is 0 Å². The fraction of sp³-hybridized carbons (Fsp3) is 0.500. The van der Waals surface area contributed by atoms with Crippen LogP contribution >= 0.6 is 11.6 Å². The monoisotopic (exact) mass is 492 g/mol. The lowest BCUT2D eigenvalue weighted by Gasteiger charge is -2.40. The number of piperidine rings is 1. The van der Waals surface area contributed by atoms with Gasteiger partial charge in [0.1, 0.15) is 5.60 Å². The van der Waals surface area contributed by atoms with Crippen LogP contribution in [-0.2, 0) is 17.3 Å². The van der Waals surface area contributed by atoms with E-state index in [2.05, 4.69) is 17.0 Å². The number of ether oxygens (including phenoxy) is 1. The highest BCUT2D eigenvalue weighted by atomic mass is 35.5. The van der Waals surface area contributed by atoms with Gasteiger partial charge in [-0.1, -0.05) is 17.7 Å². The number of carbonyl (C=O) groups excluding carboxylic acids is 1. The second-order valence-corrected chi connectivity index (χ2v) is 10.9. The largest absolute Gasteiger partial charge is 0.444 e. The summed E-state index contributed by atoms with van der Waals surface area (Å²) >= 11 is 6.34. The van der Waals surface area contributed by atoms with E-state index in [-0.39, 0.29) is 17.0 Å². The van der Waals surface area contributed by atoms with Crippen LogP contribution in [0.15, 0.2) is 30.3 Å². The van der Waals surface area contributed by atoms with E-state index in [1.54, 1.807) is 4.90 Å². The molecule has 1 amide bonds. The average Bonchev–Trinajstić information content (AvgIpc) is 3.06. The van der Waals surface area contributed by atoms with Gasteiger partial charge in [-0.15, -0.1) is 0 Å². The number of anilines is 1. The minimum Gasteiger partial charge on any atom is -0.444 e. The van der Waals surface area contributed by atoms with Gasteiger partial charge in [0.05, 0.1) is 5.56 Å². The minimum absolute atomic E-state index is 0.0863. The Bertz CT molecular complexity index is 1140. The van der Waals surface area contributed by atoms with Crippen LogP contribution in [0.2, 0.25) is 5.02 Å². The molecule has 1 fully saturated rings. The third-order valence-electron chi connectivity index (χ3n) is 6.99. The van der Waals surface area contributed by atoms with Crippen LogP contribution < -0.4 is 4.90 Å². The number of benzene rings is 2. The Hall–Kier alpha value is -2.41. The number of alkyl halides is 3. The molecule has 4 nitrogen and oxygen atoms in total. The first-order valence-electron chi connectivity index (χ1n) is 11.7. The Morgan fingerprint density at radius 3 is 2.56 bits per heavy atom. The van der Waals surface area contributed by atoms with E-state index in [0.29, 0.717) is 24.7 Å². The molecule has 2 atom stereocenters. The molecule has 8 heteroatoms. The van der Waals surface area contributed by atoms with E-state index >= 15 is 0 Å². The van der Waals surface area contributed by atoms with Crippen LogP contribution in [0.4, 0.5) is 23.7 Å². The predicted octanol–water partition coefficient (Wildman–Crippen LogP) is 6.89. The number of hydrogen-bond acceptors (Lipinski definition) is 3. The Balaban J connectivity index is 1.52. The second-order valence-electron chi connectivity index (χ2n) is 10.5. The molecule has 3 aliphatic heterocycles. The fourth-order valence-electron chi connectivity index (χ4n) is 5.62. The number of likely N-dealkylation sites (tertiary alicyclic amines) is 1. The van der Waals surface area contributed by atoms with Crippen molar-refractivity contribution in [3.05, 3.63) is 52.0 Å². The highest BCUT2D eigenvalue weighted by Crippen LogP contribution is 2.50. The summed E-state index contributed by atoms with van der Waals surface area (Å²) in [6.07, 6.45) is -1.94. The van der Waals surface area contributed by atoms with Gasteiger partial charge in [-0.05, 0) is 81.0 Å². The molecule has 2 aromatic carbocycles. The summed E-state index contributed by atoms with van der Waals surface area (Å²) in [5.74, 6) is 0.126. The molecule has 3 aliphatic rings. The third kappa shape index (κ3) is 4.12. The lowest BCUT2D eigenvalue weighted by molar-refractivity contribution is -0.137. The van der Waals surface area contributed by atoms with Crippen molar-refractivity contribution in [1.82, 2.24) is 4.90 Å². The quantitative estimate of drug-likeness (QED) is 0.434. The van der Waals surface area contributed by atoms with E-state index in [4.69, 9.17) is 16.3 Å². The molecule has 0 spiro atoms. The van der Waals surface area contributed by atoms with E-state index < -0.39 is 17.3 Å². The summed E-state index contributed by atoms with van der Waals surface area (Å²) in [5, 5.41) is 0.0863. The third-order valence-corrected chi connectivity index (χ3v) is 7.30. The van der Waals surface area contributed by atoms with Crippen LogP contribution in [-0.4, -0.2) is 42.3 Å². The van der Waals surface area contributed by atoms with Crippen molar-refractivity contribution in [2.24, 2.45) is 0 Å². The van der Waals surface area contributed by atoms with Gasteiger partial charge in [0.25, 0.3) is 0 Å². The van der Waals surface area contributed by atoms with Gasteiger partial charge in [-0.2, -0.15) is 13.2 Å². The topological polar surface area (TPSA) is 32.8 Å². The second kappa shape index (κ2) is 8.08. The van der Waals surface area contributed by atoms with Crippen LogP contribution in [0.3, 0.4) is 0 Å². The predicted molar refractivity (Wildman–Crippen MR) is 127 cm³/mol. The van der Waals surface area contributed by atoms with E-state index in [1.807, 2.05) is 20.8 Å². The summed E-state index contributed by atoms with van der Waals surface area (Å²) in [5.41, 5.74) is 3.69. The van der Waals surface area contributed by atoms with E-state index in [1.165, 1.54) is 17.3 Å². The first-order chi connectivity index (χ1) is 15.9. The van der Waals surface area contributed by atoms with Gasteiger partial charge >= 0.3 is 12.3 Å². The molecule has 0 N–H and O–H groups in total. The van der Waals surface area contributed by atoms with Crippen molar-refractivity contribution in [3.8, 4) is 11.1 Å². The maximum Gasteiger partial charge on any atom is 0.416 e. The van der Waals surface area contributed by atoms with Gasteiger partial charge in [-0.3, -0.25) is 0 Å². The molecular formula is C26H28ClF3N2O2. The SMILES string of the molecule is CC(C)(C)OC(=O)N1CC[C@H]2[C@@H](C1)c1cc(-c3ccc(C(F)(F)F)cc3Cl)cc3c1N2CCC3. The molecular weight excluding hydrogens is 465 g/mol. The van der Waals surface area contributed by atoms with Crippen molar-refractivity contribution >= 4 is 23.4 Å². The molecule has 3 heterocycles. The molecule has 0 unspecified atom stereocenters. The zero-order valence-corrected chi connectivity index (χ0v) is 20.3. The molecule has 1 saturated heterocycles. The number of hydrogen-bond donors (Lipinski definition) is 0. The molecule has 0 bridgehead atoms. The molecule has 0 saturated carbocycles. The lowest BCUT2D eigenvalue weighted by Crippen LogP contribution is -2.49. The first kappa shape index (κ1) is 23.3. The maximum atomic E-state index is 13.1. The first-order valence-corrected chi connectivity index (χ1v) is 12.1. The molecule has 0 radical (unpaired) electrons. The van der Waals surface area contributed by atoms with Crippen molar-refractivity contribution < 1.29 is 22.7 Å². The van der Waals surface area contributed by atoms with Gasteiger partial charge < -0.3 is 14.5 Å². The van der Waals surface area contributed by atoms with Crippen LogP contribution in [0.5, 0.6) is 0 Å². The normalized spacial score (nSPS) is 21.9. The summed E-state index contributed by atoms with van der Waals surface area (Å²) in [4.78, 5) is 17.0. The molecule has 2 aromatic rings. The summed E-state index contributed by atoms with van der Waals surface area (Å²) in [6, 6.07) is 7.99. The number of amides is 1. The highest BCUT2D eigenvalue weighted by Gasteiger charge is 2.45. The lowest BCUT2D eigenvalue weighted by atomic mass is 9.86. The fourth-order valence-corrected chi connectivity index (χ4v) is 5.91. The van der Waals surface area contributed by atoms with Gasteiger partial charge in [-0.25, -0.2) is 4.79 Å². The Labute approximate surface area is 202 Å². The zero-order valence-electron chi connectivity index (χ0n) is 19.5. The van der Waals surface area contributed by atoms with Gasteiger partial charge in [0.15, 0.2) is 0 Å². The van der Waals surface area contributed by atoms with Crippen molar-refractivity contribution in [2.75, 3.05) is 24.5 Å². The maximum absolute atomic E-state index is 13.1. The average molecular weight is 493 g/mol. The Kier molecular flexibility index (Phi) is 5.54. The Morgan fingerprint density at radius 2 is 1.88 bits per heavy atom. The Morgan fingerprint density at radius 1 is 1.12 bits per heavy atom. The standard InChI is InChI=1S/C26H28ClF3N2O2/c1-25(2,3)34-24(33)31-10-8-22-20(14-31)19-12-16(11-15-5-4-9-32(22)23(15)19)18-7-6-17(13-21(18)27)26(28,29)30/h6-7,11-13,20,22H,4-5,8-10,14H2,1-3H3/t20-,22-/m0/s1. The van der Waals surface area contributed by atoms with Crippen LogP contribution in [0, 0.1) is 0 Å². The van der Waals surface area contributed by atoms with Crippen LogP contribution in [0.1, 0.15) is 56.2 Å². The minimum atomic E-state index is -4.44. The molecule has 182 valence electrons. The number of halogens is 4. The summed E-state index contributed by atoms with van der Waals surface area (Å²) < 4.78 is 45.0. The van der Waals surface area contributed by atoms with Crippen LogP contribution in [0.25, 0.3) is 11.1 Å². The summed E-state index contributed by atoms with van der Waals surface area (Å²) in [7, 11) is 0. The van der Waals surface area contributed by atoms with E-state index in [9.17, 15) is 18.0 Å². The number of carbonyl (C=O) groups is 1. The van der Waals surface area contributed by atoms with Gasteiger partial charge in [0, 0.05) is 47.9 Å². The molecule has 34 heavy (non-hydrogen) atoms. The molecule has 5 rings (SSSR count). The highest BCUT2D eigenvalue weighted by molar-refractivity contribution is 6.33. The van der Waals surface area contributed by atoms with Crippen molar-refractivity contribution in [3.63, 3.8) is 0 Å². The number of rotatable bonds is 1. The zero-order chi connectivity index (χ0) is 24.4. The smallest absolute Gasteiger partial charge is 0.416 e. The van der Waals surface area contributed by atoms with Gasteiger partial charge in [0.2, 0.25) is 0 Å². The number of nitrogens with zero attached hydrogens (tertiary/aromatic N) is 2. The summed E-state index contributed by atoms with van der Waals surface area (Å²) in [6.45, 7) is 7.77. The number of fused-ring (bicyclic) bond motifs is 3. The van der Waals surface area contributed by atoms with Crippen molar-refractivity contribution in [2.45, 2.75) is 63.8 Å².